The van der Waals surface area contributed by atoms with Gasteiger partial charge in [0.25, 0.3) is 21.6 Å². The fraction of sp³-hybridized carbons (Fsp3) is 0.150. The molecule has 154 valence electrons. The van der Waals surface area contributed by atoms with E-state index in [0.29, 0.717) is 24.3 Å². The number of fused-ring (bicyclic) bond motifs is 1. The zero-order chi connectivity index (χ0) is 21.3. The Morgan fingerprint density at radius 2 is 1.90 bits per heavy atom. The molecular formula is C20H17N3O5S2. The topological polar surface area (TPSA) is 110 Å². The maximum absolute atomic E-state index is 13.0. The Morgan fingerprint density at radius 3 is 2.57 bits per heavy atom. The van der Waals surface area contributed by atoms with Gasteiger partial charge in [0.1, 0.15) is 4.21 Å². The van der Waals surface area contributed by atoms with Crippen LogP contribution in [0, 0.1) is 10.1 Å². The molecule has 1 aromatic heterocycles. The standard InChI is InChI=1S/C20H17N3O5S2/c24-20(15-6-9-17(10-7-15)23(25)26)21-16-8-5-14-3-1-11-22(18(14)13-16)30(27,28)19-4-2-12-29-19/h2,4-10,12-13H,1,3,11H2,(H,21,24). The Labute approximate surface area is 177 Å². The highest BCUT2D eigenvalue weighted by Crippen LogP contribution is 2.35. The summed E-state index contributed by atoms with van der Waals surface area (Å²) in [5.74, 6) is -0.437. The lowest BCUT2D eigenvalue weighted by molar-refractivity contribution is -0.384. The number of sulfonamides is 1. The molecule has 3 aromatic rings. The van der Waals surface area contributed by atoms with E-state index in [1.165, 1.54) is 39.9 Å². The summed E-state index contributed by atoms with van der Waals surface area (Å²) >= 11 is 1.17. The van der Waals surface area contributed by atoms with Crippen molar-refractivity contribution in [3.05, 3.63) is 81.2 Å². The lowest BCUT2D eigenvalue weighted by Gasteiger charge is -2.30. The van der Waals surface area contributed by atoms with Gasteiger partial charge in [-0.15, -0.1) is 11.3 Å². The summed E-state index contributed by atoms with van der Waals surface area (Å²) in [6, 6.07) is 13.7. The van der Waals surface area contributed by atoms with Gasteiger partial charge in [0.05, 0.1) is 10.6 Å². The predicted molar refractivity (Wildman–Crippen MR) is 115 cm³/mol. The molecule has 10 heteroatoms. The van der Waals surface area contributed by atoms with Crippen molar-refractivity contribution in [2.75, 3.05) is 16.2 Å². The van der Waals surface area contributed by atoms with Gasteiger partial charge in [-0.05, 0) is 54.1 Å². The molecule has 0 fully saturated rings. The number of benzene rings is 2. The molecule has 2 aromatic carbocycles. The van der Waals surface area contributed by atoms with E-state index in [4.69, 9.17) is 0 Å². The number of rotatable bonds is 5. The molecule has 8 nitrogen and oxygen atoms in total. The highest BCUT2D eigenvalue weighted by Gasteiger charge is 2.30. The number of carbonyl (C=O) groups is 1. The van der Waals surface area contributed by atoms with Gasteiger partial charge in [-0.2, -0.15) is 0 Å². The number of anilines is 2. The number of hydrogen-bond acceptors (Lipinski definition) is 6. The van der Waals surface area contributed by atoms with Gasteiger partial charge in [-0.1, -0.05) is 12.1 Å². The number of nitrogens with zero attached hydrogens (tertiary/aromatic N) is 2. The monoisotopic (exact) mass is 443 g/mol. The molecule has 0 saturated heterocycles. The molecule has 1 N–H and O–H groups in total. The zero-order valence-electron chi connectivity index (χ0n) is 15.6. The lowest BCUT2D eigenvalue weighted by atomic mass is 10.0. The summed E-state index contributed by atoms with van der Waals surface area (Å²) in [6.45, 7) is 0.368. The van der Waals surface area contributed by atoms with Gasteiger partial charge < -0.3 is 5.32 Å². The van der Waals surface area contributed by atoms with Crippen LogP contribution in [0.25, 0.3) is 0 Å². The van der Waals surface area contributed by atoms with Gasteiger partial charge in [0, 0.05) is 29.9 Å². The van der Waals surface area contributed by atoms with Crippen LogP contribution in [-0.4, -0.2) is 25.8 Å². The first-order chi connectivity index (χ1) is 14.4. The van der Waals surface area contributed by atoms with Crippen molar-refractivity contribution in [2.24, 2.45) is 0 Å². The van der Waals surface area contributed by atoms with Crippen molar-refractivity contribution < 1.29 is 18.1 Å². The molecule has 0 bridgehead atoms. The van der Waals surface area contributed by atoms with E-state index in [1.54, 1.807) is 29.6 Å². The van der Waals surface area contributed by atoms with E-state index >= 15 is 0 Å². The Morgan fingerprint density at radius 1 is 1.13 bits per heavy atom. The first-order valence-corrected chi connectivity index (χ1v) is 11.4. The van der Waals surface area contributed by atoms with Crippen LogP contribution >= 0.6 is 11.3 Å². The average Bonchev–Trinajstić information content (AvgIpc) is 3.29. The number of non-ortho nitro benzene ring substituents is 1. The maximum atomic E-state index is 13.0. The minimum absolute atomic E-state index is 0.102. The minimum Gasteiger partial charge on any atom is -0.322 e. The highest BCUT2D eigenvalue weighted by atomic mass is 32.2. The molecule has 2 heterocycles. The molecule has 1 aliphatic heterocycles. The van der Waals surface area contributed by atoms with Gasteiger partial charge >= 0.3 is 0 Å². The maximum Gasteiger partial charge on any atom is 0.273 e. The largest absolute Gasteiger partial charge is 0.322 e. The third-order valence-electron chi connectivity index (χ3n) is 4.80. The molecule has 1 amide bonds. The highest BCUT2D eigenvalue weighted by molar-refractivity contribution is 7.94. The Balaban J connectivity index is 1.61. The van der Waals surface area contributed by atoms with Crippen molar-refractivity contribution in [1.29, 1.82) is 0 Å². The molecule has 0 spiro atoms. The number of hydrogen-bond donors (Lipinski definition) is 1. The van der Waals surface area contributed by atoms with Crippen molar-refractivity contribution in [3.63, 3.8) is 0 Å². The molecule has 0 aliphatic carbocycles. The summed E-state index contributed by atoms with van der Waals surface area (Å²) in [4.78, 5) is 22.7. The zero-order valence-corrected chi connectivity index (χ0v) is 17.3. The molecule has 0 saturated carbocycles. The number of nitro benzene ring substituents is 1. The van der Waals surface area contributed by atoms with E-state index < -0.39 is 20.9 Å². The Kier molecular flexibility index (Phi) is 5.27. The summed E-state index contributed by atoms with van der Waals surface area (Å²) in [7, 11) is -3.67. The summed E-state index contributed by atoms with van der Waals surface area (Å²) < 4.78 is 27.8. The SMILES string of the molecule is O=C(Nc1ccc2c(c1)N(S(=O)(=O)c1cccs1)CCC2)c1ccc([N+](=O)[O-])cc1. The summed E-state index contributed by atoms with van der Waals surface area (Å²) in [5.41, 5.74) is 2.06. The van der Waals surface area contributed by atoms with Crippen molar-refractivity contribution in [3.8, 4) is 0 Å². The normalized spacial score (nSPS) is 13.5. The third kappa shape index (κ3) is 3.79. The van der Waals surface area contributed by atoms with E-state index in [0.717, 1.165) is 12.0 Å². The van der Waals surface area contributed by atoms with E-state index in [-0.39, 0.29) is 15.5 Å². The summed E-state index contributed by atoms with van der Waals surface area (Å²) in [5, 5.41) is 15.2. The molecule has 0 atom stereocenters. The molecule has 0 unspecified atom stereocenters. The van der Waals surface area contributed by atoms with Crippen LogP contribution < -0.4 is 9.62 Å². The number of amides is 1. The average molecular weight is 444 g/mol. The van der Waals surface area contributed by atoms with Crippen LogP contribution in [0.1, 0.15) is 22.3 Å². The number of aryl methyl sites for hydroxylation is 1. The van der Waals surface area contributed by atoms with Gasteiger partial charge in [0.15, 0.2) is 0 Å². The second kappa shape index (κ2) is 7.88. The molecule has 4 rings (SSSR count). The van der Waals surface area contributed by atoms with Crippen LogP contribution in [0.5, 0.6) is 0 Å². The molecule has 30 heavy (non-hydrogen) atoms. The Bertz CT molecular complexity index is 1210. The molecule has 0 radical (unpaired) electrons. The second-order valence-electron chi connectivity index (χ2n) is 6.71. The quantitative estimate of drug-likeness (QED) is 0.473. The van der Waals surface area contributed by atoms with Crippen molar-refractivity contribution in [1.82, 2.24) is 0 Å². The summed E-state index contributed by atoms with van der Waals surface area (Å²) in [6.07, 6.45) is 1.47. The number of carbonyl (C=O) groups excluding carboxylic acids is 1. The van der Waals surface area contributed by atoms with Crippen LogP contribution in [0.4, 0.5) is 17.1 Å². The van der Waals surface area contributed by atoms with E-state index in [2.05, 4.69) is 5.32 Å². The van der Waals surface area contributed by atoms with Crippen LogP contribution in [-0.2, 0) is 16.4 Å². The van der Waals surface area contributed by atoms with Gasteiger partial charge in [-0.3, -0.25) is 19.2 Å². The number of nitrogens with one attached hydrogen (secondary N) is 1. The lowest BCUT2D eigenvalue weighted by Crippen LogP contribution is -2.35. The van der Waals surface area contributed by atoms with Crippen molar-refractivity contribution >= 4 is 44.3 Å². The Hall–Kier alpha value is -3.24. The van der Waals surface area contributed by atoms with E-state index in [1.807, 2.05) is 6.07 Å². The van der Waals surface area contributed by atoms with Crippen molar-refractivity contribution in [2.45, 2.75) is 17.1 Å². The number of thiophene rings is 1. The van der Waals surface area contributed by atoms with Gasteiger partial charge in [-0.25, -0.2) is 8.42 Å². The first kappa shape index (κ1) is 20.0. The van der Waals surface area contributed by atoms with Crippen LogP contribution in [0.2, 0.25) is 0 Å². The fourth-order valence-corrected chi connectivity index (χ4v) is 5.96. The smallest absolute Gasteiger partial charge is 0.273 e. The molecular weight excluding hydrogens is 426 g/mol. The fourth-order valence-electron chi connectivity index (χ4n) is 3.33. The minimum atomic E-state index is -3.67. The van der Waals surface area contributed by atoms with E-state index in [9.17, 15) is 23.3 Å². The predicted octanol–water partition coefficient (Wildman–Crippen LogP) is 4.05. The van der Waals surface area contributed by atoms with Crippen LogP contribution in [0.15, 0.2) is 64.2 Å². The third-order valence-corrected chi connectivity index (χ3v) is 7.99. The molecule has 1 aliphatic rings. The first-order valence-electron chi connectivity index (χ1n) is 9.11. The number of nitro groups is 1. The van der Waals surface area contributed by atoms with Crippen LogP contribution in [0.3, 0.4) is 0 Å². The van der Waals surface area contributed by atoms with Gasteiger partial charge in [0.2, 0.25) is 0 Å². The second-order valence-corrected chi connectivity index (χ2v) is 9.75.